The van der Waals surface area contributed by atoms with Crippen LogP contribution in [0.15, 0.2) is 24.3 Å². The number of carbonyl (C=O) groups is 2. The third-order valence-corrected chi connectivity index (χ3v) is 4.61. The van der Waals surface area contributed by atoms with Crippen molar-refractivity contribution in [1.29, 1.82) is 0 Å². The Morgan fingerprint density at radius 1 is 1.19 bits per heavy atom. The Hall–Kier alpha value is -2.09. The fourth-order valence-corrected chi connectivity index (χ4v) is 3.23. The van der Waals surface area contributed by atoms with Gasteiger partial charge >= 0.3 is 0 Å². The van der Waals surface area contributed by atoms with Crippen LogP contribution >= 0.6 is 0 Å². The fraction of sp³-hybridized carbons (Fsp3) is 0.385. The summed E-state index contributed by atoms with van der Waals surface area (Å²) >= 11 is 0. The van der Waals surface area contributed by atoms with Crippen LogP contribution in [0.5, 0.6) is 5.75 Å². The second kappa shape index (κ2) is 7.07. The number of carboxylic acid groups (broad SMARTS) is 2. The molecule has 116 valence electrons. The van der Waals surface area contributed by atoms with Crippen molar-refractivity contribution in [3.63, 3.8) is 0 Å². The summed E-state index contributed by atoms with van der Waals surface area (Å²) in [6.45, 7) is 2.25. The lowest BCUT2D eigenvalue weighted by Gasteiger charge is -2.19. The quantitative estimate of drug-likeness (QED) is 0.558. The van der Waals surface area contributed by atoms with Gasteiger partial charge in [-0.1, -0.05) is 12.1 Å². The van der Waals surface area contributed by atoms with Crippen molar-refractivity contribution < 1.29 is 33.0 Å². The Labute approximate surface area is 122 Å². The maximum Gasteiger partial charge on any atom is 0.163 e. The summed E-state index contributed by atoms with van der Waals surface area (Å²) in [5.41, 5.74) is 0.322. The molecule has 1 aromatic carbocycles. The number of sulfone groups is 1. The maximum atomic E-state index is 11.9. The molecule has 21 heavy (non-hydrogen) atoms. The van der Waals surface area contributed by atoms with E-state index in [-0.39, 0.29) is 0 Å². The van der Waals surface area contributed by atoms with Gasteiger partial charge in [0.25, 0.3) is 0 Å². The van der Waals surface area contributed by atoms with Crippen LogP contribution in [-0.4, -0.2) is 32.2 Å². The molecule has 0 unspecified atom stereocenters. The third-order valence-electron chi connectivity index (χ3n) is 2.65. The molecule has 1 rings (SSSR count). The van der Waals surface area contributed by atoms with Gasteiger partial charge in [0.15, 0.2) is 9.84 Å². The van der Waals surface area contributed by atoms with E-state index in [9.17, 15) is 28.2 Å². The summed E-state index contributed by atoms with van der Waals surface area (Å²) in [7, 11) is -4.22. The Bertz CT molecular complexity index is 604. The lowest BCUT2D eigenvalue weighted by molar-refractivity contribution is -0.314. The van der Waals surface area contributed by atoms with Crippen molar-refractivity contribution in [2.24, 2.45) is 0 Å². The topological polar surface area (TPSA) is 124 Å². The van der Waals surface area contributed by atoms with E-state index in [0.29, 0.717) is 17.9 Å². The third kappa shape index (κ3) is 5.07. The van der Waals surface area contributed by atoms with Crippen molar-refractivity contribution in [3.8, 4) is 5.75 Å². The minimum atomic E-state index is -4.22. The van der Waals surface area contributed by atoms with Gasteiger partial charge in [-0.15, -0.1) is 0 Å². The summed E-state index contributed by atoms with van der Waals surface area (Å²) in [6.07, 6.45) is -1.14. The predicted molar refractivity (Wildman–Crippen MR) is 68.7 cm³/mol. The highest BCUT2D eigenvalue weighted by Crippen LogP contribution is 2.17. The van der Waals surface area contributed by atoms with Crippen LogP contribution in [0.25, 0.3) is 0 Å². The minimum absolute atomic E-state index is 0.322. The first-order valence-electron chi connectivity index (χ1n) is 6.10. The largest absolute Gasteiger partial charge is 0.550 e. The van der Waals surface area contributed by atoms with Gasteiger partial charge in [-0.2, -0.15) is 0 Å². The molecule has 0 aromatic heterocycles. The molecule has 0 saturated heterocycles. The van der Waals surface area contributed by atoms with Crippen molar-refractivity contribution in [2.45, 2.75) is 24.3 Å². The van der Waals surface area contributed by atoms with Gasteiger partial charge < -0.3 is 24.5 Å². The first-order valence-corrected chi connectivity index (χ1v) is 7.81. The van der Waals surface area contributed by atoms with E-state index in [1.165, 1.54) is 12.1 Å². The molecular formula is C13H14O7S-2. The summed E-state index contributed by atoms with van der Waals surface area (Å²) in [5.74, 6) is -3.78. The second-order valence-corrected chi connectivity index (χ2v) is 6.45. The van der Waals surface area contributed by atoms with Gasteiger partial charge in [0.2, 0.25) is 0 Å². The van der Waals surface area contributed by atoms with Gasteiger partial charge in [-0.25, -0.2) is 8.42 Å². The van der Waals surface area contributed by atoms with Crippen LogP contribution in [0.3, 0.4) is 0 Å². The number of carboxylic acids is 2. The first-order chi connectivity index (χ1) is 9.76. The molecule has 1 aromatic rings. The van der Waals surface area contributed by atoms with Gasteiger partial charge in [-0.3, -0.25) is 0 Å². The Balaban J connectivity index is 2.91. The fourth-order valence-electron chi connectivity index (χ4n) is 1.69. The smallest absolute Gasteiger partial charge is 0.163 e. The Morgan fingerprint density at radius 2 is 1.76 bits per heavy atom. The standard InChI is InChI=1S/C13H16O7S/c1-2-20-10-5-3-9(4-6-10)8-21(18,19)11(13(16)17)7-12(14)15/h3-6,11H,2,7-8H2,1H3,(H,14,15)(H,16,17)/p-2/t11-/m0/s1. The summed E-state index contributed by atoms with van der Waals surface area (Å²) < 4.78 is 29.1. The van der Waals surface area contributed by atoms with Crippen molar-refractivity contribution in [3.05, 3.63) is 29.8 Å². The number of rotatable bonds is 8. The summed E-state index contributed by atoms with van der Waals surface area (Å²) in [6, 6.07) is 6.02. The zero-order valence-corrected chi connectivity index (χ0v) is 12.1. The van der Waals surface area contributed by atoms with Crippen LogP contribution in [0.1, 0.15) is 18.9 Å². The molecule has 0 spiro atoms. The van der Waals surface area contributed by atoms with Gasteiger partial charge in [0.1, 0.15) is 11.0 Å². The van der Waals surface area contributed by atoms with Crippen molar-refractivity contribution >= 4 is 21.8 Å². The normalized spacial score (nSPS) is 12.6. The molecule has 0 N–H and O–H groups in total. The van der Waals surface area contributed by atoms with Gasteiger partial charge in [-0.05, 0) is 24.6 Å². The first kappa shape index (κ1) is 17.0. The van der Waals surface area contributed by atoms with Crippen molar-refractivity contribution in [2.75, 3.05) is 6.61 Å². The molecule has 0 amide bonds. The minimum Gasteiger partial charge on any atom is -0.550 e. The van der Waals surface area contributed by atoms with E-state index < -0.39 is 39.2 Å². The number of carbonyl (C=O) groups excluding carboxylic acids is 2. The number of hydrogen-bond donors (Lipinski definition) is 0. The highest BCUT2D eigenvalue weighted by atomic mass is 32.2. The molecule has 8 heteroatoms. The molecule has 0 bridgehead atoms. The summed E-state index contributed by atoms with van der Waals surface area (Å²) in [5, 5.41) is 19.1. The zero-order valence-electron chi connectivity index (χ0n) is 11.3. The predicted octanol–water partition coefficient (Wildman–Crippen LogP) is -1.74. The summed E-state index contributed by atoms with van der Waals surface area (Å²) in [4.78, 5) is 21.3. The highest BCUT2D eigenvalue weighted by molar-refractivity contribution is 7.92. The molecule has 0 radical (unpaired) electrons. The van der Waals surface area contributed by atoms with Gasteiger partial charge in [0, 0.05) is 12.4 Å². The number of benzene rings is 1. The van der Waals surface area contributed by atoms with Crippen molar-refractivity contribution in [1.82, 2.24) is 0 Å². The number of ether oxygens (including phenoxy) is 1. The van der Waals surface area contributed by atoms with Crippen LogP contribution < -0.4 is 14.9 Å². The van der Waals surface area contributed by atoms with Crippen LogP contribution in [0, 0.1) is 0 Å². The molecule has 0 fully saturated rings. The number of hydrogen-bond acceptors (Lipinski definition) is 7. The van der Waals surface area contributed by atoms with E-state index in [1.807, 2.05) is 0 Å². The lowest BCUT2D eigenvalue weighted by atomic mass is 10.2. The van der Waals surface area contributed by atoms with E-state index >= 15 is 0 Å². The molecule has 0 aliphatic carbocycles. The maximum absolute atomic E-state index is 11.9. The van der Waals surface area contributed by atoms with Gasteiger partial charge in [0.05, 0.1) is 18.3 Å². The van der Waals surface area contributed by atoms with Crippen LogP contribution in [0.2, 0.25) is 0 Å². The zero-order chi connectivity index (χ0) is 16.0. The molecule has 0 saturated carbocycles. The van der Waals surface area contributed by atoms with E-state index in [2.05, 4.69) is 0 Å². The molecule has 0 aliphatic rings. The van der Waals surface area contributed by atoms with E-state index in [0.717, 1.165) is 0 Å². The second-order valence-electron chi connectivity index (χ2n) is 4.27. The Morgan fingerprint density at radius 3 is 2.19 bits per heavy atom. The van der Waals surface area contributed by atoms with Crippen LogP contribution in [-0.2, 0) is 25.2 Å². The molecule has 1 atom stereocenters. The van der Waals surface area contributed by atoms with Crippen LogP contribution in [0.4, 0.5) is 0 Å². The lowest BCUT2D eigenvalue weighted by Crippen LogP contribution is -2.45. The number of aliphatic carboxylic acids is 2. The monoisotopic (exact) mass is 314 g/mol. The molecule has 0 aliphatic heterocycles. The SMILES string of the molecule is CCOc1ccc(CS(=O)(=O)[C@@H](CC(=O)[O-])C(=O)[O-])cc1. The van der Waals surface area contributed by atoms with E-state index in [4.69, 9.17) is 4.74 Å². The Kier molecular flexibility index (Phi) is 5.71. The highest BCUT2D eigenvalue weighted by Gasteiger charge is 2.27. The molecular weight excluding hydrogens is 300 g/mol. The molecule has 7 nitrogen and oxygen atoms in total. The van der Waals surface area contributed by atoms with E-state index in [1.54, 1.807) is 19.1 Å². The average Bonchev–Trinajstić information content (AvgIpc) is 2.37. The molecule has 0 heterocycles. The average molecular weight is 314 g/mol.